The lowest BCUT2D eigenvalue weighted by Gasteiger charge is -2.39. The van der Waals surface area contributed by atoms with Crippen LogP contribution in [-0.4, -0.2) is 6.04 Å². The molecule has 2 atom stereocenters. The molecule has 1 aliphatic carbocycles. The van der Waals surface area contributed by atoms with E-state index in [1.807, 2.05) is 12.1 Å². The van der Waals surface area contributed by atoms with Crippen molar-refractivity contribution in [1.29, 1.82) is 0 Å². The Bertz CT molecular complexity index is 386. The van der Waals surface area contributed by atoms with Crippen molar-refractivity contribution < 1.29 is 4.39 Å². The highest BCUT2D eigenvalue weighted by atomic mass is 19.1. The van der Waals surface area contributed by atoms with E-state index < -0.39 is 0 Å². The molecule has 1 nitrogen and oxygen atoms in total. The van der Waals surface area contributed by atoms with Crippen LogP contribution in [0.3, 0.4) is 0 Å². The summed E-state index contributed by atoms with van der Waals surface area (Å²) in [4.78, 5) is 0. The summed E-state index contributed by atoms with van der Waals surface area (Å²) in [6.45, 7) is 4.57. The van der Waals surface area contributed by atoms with Gasteiger partial charge in [-0.3, -0.25) is 0 Å². The maximum Gasteiger partial charge on any atom is 0.126 e. The molecule has 2 heteroatoms. The van der Waals surface area contributed by atoms with Gasteiger partial charge in [0.15, 0.2) is 0 Å². The third-order valence-corrected chi connectivity index (χ3v) is 4.01. The van der Waals surface area contributed by atoms with Crippen LogP contribution in [0.25, 0.3) is 0 Å². The van der Waals surface area contributed by atoms with Gasteiger partial charge in [0.05, 0.1) is 0 Å². The van der Waals surface area contributed by atoms with Gasteiger partial charge >= 0.3 is 0 Å². The van der Waals surface area contributed by atoms with E-state index in [-0.39, 0.29) is 11.9 Å². The van der Waals surface area contributed by atoms with Crippen molar-refractivity contribution in [3.05, 3.63) is 35.6 Å². The largest absolute Gasteiger partial charge is 0.327 e. The second-order valence-corrected chi connectivity index (χ2v) is 6.13. The van der Waals surface area contributed by atoms with E-state index >= 15 is 0 Å². The third-order valence-electron chi connectivity index (χ3n) is 4.01. The second-order valence-electron chi connectivity index (χ2n) is 6.13. The summed E-state index contributed by atoms with van der Waals surface area (Å²) in [6.07, 6.45) is 4.12. The van der Waals surface area contributed by atoms with Crippen LogP contribution in [0.1, 0.15) is 38.7 Å². The minimum atomic E-state index is -0.0944. The summed E-state index contributed by atoms with van der Waals surface area (Å²) in [5.74, 6) is 0.318. The molecular formula is C15H22FN. The Labute approximate surface area is 103 Å². The first kappa shape index (κ1) is 12.6. The molecule has 0 saturated heterocycles. The fraction of sp³-hybridized carbons (Fsp3) is 0.600. The molecule has 2 N–H and O–H groups in total. The minimum absolute atomic E-state index is 0.0944. The van der Waals surface area contributed by atoms with Crippen molar-refractivity contribution in [2.75, 3.05) is 0 Å². The standard InChI is InChI=1S/C15H22FN/c1-15(2)8-7-14(17)12(10-15)9-11-5-3-4-6-13(11)16/h3-6,12,14H,7-10,17H2,1-2H3. The van der Waals surface area contributed by atoms with Crippen LogP contribution in [0.4, 0.5) is 4.39 Å². The lowest BCUT2D eigenvalue weighted by atomic mass is 9.68. The predicted molar refractivity (Wildman–Crippen MR) is 69.2 cm³/mol. The molecule has 1 aromatic rings. The zero-order valence-corrected chi connectivity index (χ0v) is 10.7. The molecule has 0 aliphatic heterocycles. The van der Waals surface area contributed by atoms with Crippen molar-refractivity contribution in [2.45, 2.75) is 45.6 Å². The molecule has 1 fully saturated rings. The van der Waals surface area contributed by atoms with Crippen LogP contribution in [0.2, 0.25) is 0 Å². The van der Waals surface area contributed by atoms with Crippen LogP contribution in [0.15, 0.2) is 24.3 Å². The van der Waals surface area contributed by atoms with Gasteiger partial charge in [-0.05, 0) is 48.6 Å². The van der Waals surface area contributed by atoms with Gasteiger partial charge in [-0.1, -0.05) is 32.0 Å². The summed E-state index contributed by atoms with van der Waals surface area (Å²) in [5.41, 5.74) is 7.34. The van der Waals surface area contributed by atoms with Crippen molar-refractivity contribution in [3.8, 4) is 0 Å². The van der Waals surface area contributed by atoms with Gasteiger partial charge < -0.3 is 5.73 Å². The first-order chi connectivity index (χ1) is 7.98. The average Bonchev–Trinajstić information content (AvgIpc) is 2.26. The maximum absolute atomic E-state index is 13.6. The normalized spacial score (nSPS) is 28.0. The Hall–Kier alpha value is -0.890. The van der Waals surface area contributed by atoms with Crippen molar-refractivity contribution in [1.82, 2.24) is 0 Å². The van der Waals surface area contributed by atoms with Crippen molar-refractivity contribution in [3.63, 3.8) is 0 Å². The lowest BCUT2D eigenvalue weighted by molar-refractivity contribution is 0.156. The highest BCUT2D eigenvalue weighted by Gasteiger charge is 2.33. The molecule has 94 valence electrons. The molecule has 2 unspecified atom stereocenters. The number of hydrogen-bond acceptors (Lipinski definition) is 1. The monoisotopic (exact) mass is 235 g/mol. The summed E-state index contributed by atoms with van der Waals surface area (Å²) < 4.78 is 13.6. The summed E-state index contributed by atoms with van der Waals surface area (Å²) in [7, 11) is 0. The first-order valence-corrected chi connectivity index (χ1v) is 6.47. The summed E-state index contributed by atoms with van der Waals surface area (Å²) in [6, 6.07) is 7.28. The van der Waals surface area contributed by atoms with E-state index in [0.29, 0.717) is 11.3 Å². The number of rotatable bonds is 2. The van der Waals surface area contributed by atoms with E-state index in [2.05, 4.69) is 13.8 Å². The predicted octanol–water partition coefficient (Wildman–Crippen LogP) is 3.52. The molecule has 17 heavy (non-hydrogen) atoms. The quantitative estimate of drug-likeness (QED) is 0.834. The fourth-order valence-corrected chi connectivity index (χ4v) is 2.93. The van der Waals surface area contributed by atoms with E-state index in [9.17, 15) is 4.39 Å². The first-order valence-electron chi connectivity index (χ1n) is 6.47. The Morgan fingerprint density at radius 3 is 2.76 bits per heavy atom. The van der Waals surface area contributed by atoms with Gasteiger partial charge in [-0.15, -0.1) is 0 Å². The van der Waals surface area contributed by atoms with Crippen LogP contribution >= 0.6 is 0 Å². The SMILES string of the molecule is CC1(C)CCC(N)C(Cc2ccccc2F)C1. The van der Waals surface area contributed by atoms with Gasteiger partial charge in [0.2, 0.25) is 0 Å². The van der Waals surface area contributed by atoms with Gasteiger partial charge in [0.25, 0.3) is 0 Å². The molecule has 1 aliphatic rings. The molecule has 0 radical (unpaired) electrons. The average molecular weight is 235 g/mol. The molecule has 0 heterocycles. The smallest absolute Gasteiger partial charge is 0.126 e. The highest BCUT2D eigenvalue weighted by Crippen LogP contribution is 2.39. The Morgan fingerprint density at radius 2 is 2.06 bits per heavy atom. The number of halogens is 1. The van der Waals surface area contributed by atoms with Gasteiger partial charge in [0, 0.05) is 6.04 Å². The third kappa shape index (κ3) is 3.06. The number of hydrogen-bond donors (Lipinski definition) is 1. The van der Waals surface area contributed by atoms with E-state index in [0.717, 1.165) is 24.8 Å². The Kier molecular flexibility index (Phi) is 3.53. The molecule has 2 rings (SSSR count). The van der Waals surface area contributed by atoms with Crippen LogP contribution in [0, 0.1) is 17.2 Å². The lowest BCUT2D eigenvalue weighted by Crippen LogP contribution is -2.40. The second kappa shape index (κ2) is 4.77. The molecule has 1 aromatic carbocycles. The Morgan fingerprint density at radius 1 is 1.35 bits per heavy atom. The number of nitrogens with two attached hydrogens (primary N) is 1. The van der Waals surface area contributed by atoms with Crippen molar-refractivity contribution >= 4 is 0 Å². The zero-order valence-electron chi connectivity index (χ0n) is 10.7. The van der Waals surface area contributed by atoms with Gasteiger partial charge in [0.1, 0.15) is 5.82 Å². The van der Waals surface area contributed by atoms with E-state index in [4.69, 9.17) is 5.73 Å². The Balaban J connectivity index is 2.10. The highest BCUT2D eigenvalue weighted by molar-refractivity contribution is 5.18. The summed E-state index contributed by atoms with van der Waals surface area (Å²) in [5, 5.41) is 0. The van der Waals surface area contributed by atoms with E-state index in [1.165, 1.54) is 12.5 Å². The molecular weight excluding hydrogens is 213 g/mol. The van der Waals surface area contributed by atoms with E-state index in [1.54, 1.807) is 6.07 Å². The molecule has 1 saturated carbocycles. The fourth-order valence-electron chi connectivity index (χ4n) is 2.93. The van der Waals surface area contributed by atoms with Crippen LogP contribution in [0.5, 0.6) is 0 Å². The zero-order chi connectivity index (χ0) is 12.5. The molecule has 0 bridgehead atoms. The molecule has 0 aromatic heterocycles. The van der Waals surface area contributed by atoms with Gasteiger partial charge in [-0.2, -0.15) is 0 Å². The topological polar surface area (TPSA) is 26.0 Å². The molecule has 0 amide bonds. The van der Waals surface area contributed by atoms with Crippen LogP contribution in [-0.2, 0) is 6.42 Å². The van der Waals surface area contributed by atoms with Gasteiger partial charge in [-0.25, -0.2) is 4.39 Å². The van der Waals surface area contributed by atoms with Crippen molar-refractivity contribution in [2.24, 2.45) is 17.1 Å². The van der Waals surface area contributed by atoms with Crippen LogP contribution < -0.4 is 5.73 Å². The summed E-state index contributed by atoms with van der Waals surface area (Å²) >= 11 is 0. The number of benzene rings is 1. The minimum Gasteiger partial charge on any atom is -0.327 e. The molecule has 0 spiro atoms. The maximum atomic E-state index is 13.6.